The van der Waals surface area contributed by atoms with E-state index >= 15 is 0 Å². The van der Waals surface area contributed by atoms with Crippen LogP contribution in [0.4, 0.5) is 18.9 Å². The summed E-state index contributed by atoms with van der Waals surface area (Å²) in [7, 11) is 0. The molecule has 1 aromatic carbocycles. The number of hydrogen-bond donors (Lipinski definition) is 0. The first-order chi connectivity index (χ1) is 20.6. The summed E-state index contributed by atoms with van der Waals surface area (Å²) in [4.78, 5) is 43.9. The third-order valence-electron chi connectivity index (χ3n) is 7.70. The van der Waals surface area contributed by atoms with Crippen LogP contribution in [0.3, 0.4) is 0 Å². The monoisotopic (exact) mass is 631 g/mol. The lowest BCUT2D eigenvalue weighted by Gasteiger charge is -2.41. The lowest BCUT2D eigenvalue weighted by Crippen LogP contribution is -2.48. The van der Waals surface area contributed by atoms with E-state index in [2.05, 4.69) is 30.7 Å². The summed E-state index contributed by atoms with van der Waals surface area (Å²) in [6.07, 6.45) is -0.758. The number of non-ortho nitro benzene ring substituents is 1. The molecular formula is C30H32F3N5O5S. The highest BCUT2D eigenvalue weighted by Crippen LogP contribution is 2.43. The highest BCUT2D eigenvalue weighted by molar-refractivity contribution is 7.19. The van der Waals surface area contributed by atoms with E-state index < -0.39 is 28.9 Å². The molecule has 5 rings (SSSR count). The molecule has 44 heavy (non-hydrogen) atoms. The number of nitrogens with zero attached hydrogens (tertiary/aromatic N) is 5. The number of aromatic nitrogens is 3. The topological polar surface area (TPSA) is 112 Å². The fourth-order valence-electron chi connectivity index (χ4n) is 5.48. The highest BCUT2D eigenvalue weighted by atomic mass is 32.1. The minimum atomic E-state index is -4.64. The Kier molecular flexibility index (Phi) is 8.42. The number of rotatable bonds is 7. The minimum absolute atomic E-state index is 0.0370. The van der Waals surface area contributed by atoms with Crippen LogP contribution in [-0.4, -0.2) is 54.9 Å². The maximum Gasteiger partial charge on any atom is 0.406 e. The molecule has 0 saturated carbocycles. The molecule has 0 unspecified atom stereocenters. The molecule has 14 heteroatoms. The van der Waals surface area contributed by atoms with Gasteiger partial charge in [-0.15, -0.1) is 11.3 Å². The predicted octanol–water partition coefficient (Wildman–Crippen LogP) is 5.76. The first-order valence-corrected chi connectivity index (χ1v) is 14.9. The van der Waals surface area contributed by atoms with Gasteiger partial charge in [0.2, 0.25) is 0 Å². The van der Waals surface area contributed by atoms with E-state index in [-0.39, 0.29) is 23.9 Å². The zero-order chi connectivity index (χ0) is 32.0. The normalized spacial score (nSPS) is 15.2. The van der Waals surface area contributed by atoms with Crippen molar-refractivity contribution in [2.45, 2.75) is 71.4 Å². The van der Waals surface area contributed by atoms with Crippen LogP contribution in [-0.2, 0) is 13.1 Å². The summed E-state index contributed by atoms with van der Waals surface area (Å²) in [6.45, 7) is 8.20. The Bertz CT molecular complexity index is 1830. The Hall–Kier alpha value is -4.04. The van der Waals surface area contributed by atoms with Crippen molar-refractivity contribution in [3.8, 4) is 16.9 Å². The van der Waals surface area contributed by atoms with Gasteiger partial charge in [0.1, 0.15) is 18.4 Å². The second kappa shape index (κ2) is 11.8. The standard InChI is InChI=1S/C30H32F3N5O5S/c1-18-13-19(38(41)42)14-23(26(18)43-20-6-11-36(12-7-20)29(2,3)4)22-5-9-34-24-15-21(44-27(22)24)16-37-25(39)8-10-35(28(37)40)17-30(31,32)33/h5,8-10,13-15,20H,6-7,11-12,16-17H2,1-4H3. The largest absolute Gasteiger partial charge is 0.489 e. The molecule has 0 spiro atoms. The Balaban J connectivity index is 1.53. The molecular weight excluding hydrogens is 599 g/mol. The van der Waals surface area contributed by atoms with Gasteiger partial charge in [0.05, 0.1) is 21.7 Å². The molecule has 4 aromatic rings. The first-order valence-electron chi connectivity index (χ1n) is 14.1. The van der Waals surface area contributed by atoms with Crippen LogP contribution >= 0.6 is 11.3 Å². The highest BCUT2D eigenvalue weighted by Gasteiger charge is 2.30. The van der Waals surface area contributed by atoms with Gasteiger partial charge in [0, 0.05) is 65.2 Å². The molecule has 1 aliphatic rings. The van der Waals surface area contributed by atoms with Gasteiger partial charge in [-0.2, -0.15) is 13.2 Å². The minimum Gasteiger partial charge on any atom is -0.489 e. The van der Waals surface area contributed by atoms with Crippen molar-refractivity contribution < 1.29 is 22.8 Å². The van der Waals surface area contributed by atoms with Crippen molar-refractivity contribution in [3.63, 3.8) is 0 Å². The van der Waals surface area contributed by atoms with Crippen LogP contribution in [0.2, 0.25) is 0 Å². The van der Waals surface area contributed by atoms with E-state index in [1.165, 1.54) is 23.5 Å². The Morgan fingerprint density at radius 3 is 2.43 bits per heavy atom. The number of hydrogen-bond acceptors (Lipinski definition) is 8. The van der Waals surface area contributed by atoms with Gasteiger partial charge in [-0.05, 0) is 58.2 Å². The molecule has 0 atom stereocenters. The first kappa shape index (κ1) is 31.4. The van der Waals surface area contributed by atoms with Crippen molar-refractivity contribution in [1.29, 1.82) is 0 Å². The fourth-order valence-corrected chi connectivity index (χ4v) is 6.61. The van der Waals surface area contributed by atoms with E-state index in [0.717, 1.165) is 42.8 Å². The molecule has 0 N–H and O–H groups in total. The molecule has 1 saturated heterocycles. The number of pyridine rings is 1. The summed E-state index contributed by atoms with van der Waals surface area (Å²) in [6, 6.07) is 7.25. The number of likely N-dealkylation sites (tertiary alicyclic amines) is 1. The smallest absolute Gasteiger partial charge is 0.406 e. The molecule has 3 aromatic heterocycles. The zero-order valence-electron chi connectivity index (χ0n) is 24.7. The molecule has 0 bridgehead atoms. The van der Waals surface area contributed by atoms with Crippen molar-refractivity contribution in [1.82, 2.24) is 19.0 Å². The quantitative estimate of drug-likeness (QED) is 0.188. The maximum absolute atomic E-state index is 13.0. The number of halogens is 3. The number of ether oxygens (including phenoxy) is 1. The second-order valence-electron chi connectivity index (χ2n) is 11.9. The molecule has 4 heterocycles. The average Bonchev–Trinajstić information content (AvgIpc) is 3.35. The molecule has 0 amide bonds. The summed E-state index contributed by atoms with van der Waals surface area (Å²) in [5, 5.41) is 11.8. The lowest BCUT2D eigenvalue weighted by atomic mass is 9.98. The van der Waals surface area contributed by atoms with Gasteiger partial charge >= 0.3 is 11.9 Å². The van der Waals surface area contributed by atoms with Gasteiger partial charge in [0.25, 0.3) is 11.2 Å². The number of fused-ring (bicyclic) bond motifs is 1. The van der Waals surface area contributed by atoms with Crippen LogP contribution in [0.25, 0.3) is 21.3 Å². The SMILES string of the molecule is Cc1cc([N+](=O)[O-])cc(-c2ccnc3cc(Cn4c(=O)ccn(CC(F)(F)F)c4=O)sc23)c1OC1CCN(C(C)(C)C)CC1. The van der Waals surface area contributed by atoms with Gasteiger partial charge in [-0.3, -0.25) is 33.9 Å². The molecule has 1 aliphatic heterocycles. The van der Waals surface area contributed by atoms with Crippen molar-refractivity contribution in [2.75, 3.05) is 13.1 Å². The Labute approximate surface area is 254 Å². The molecule has 10 nitrogen and oxygen atoms in total. The summed E-state index contributed by atoms with van der Waals surface area (Å²) in [5.41, 5.74) is 0.371. The number of piperidine rings is 1. The third-order valence-corrected chi connectivity index (χ3v) is 8.84. The van der Waals surface area contributed by atoms with E-state index in [9.17, 15) is 32.9 Å². The molecule has 1 fully saturated rings. The van der Waals surface area contributed by atoms with Crippen LogP contribution in [0.5, 0.6) is 5.75 Å². The maximum atomic E-state index is 13.0. The summed E-state index contributed by atoms with van der Waals surface area (Å²) >= 11 is 1.20. The fraction of sp³-hybridized carbons (Fsp3) is 0.433. The van der Waals surface area contributed by atoms with E-state index in [0.29, 0.717) is 42.1 Å². The second-order valence-corrected chi connectivity index (χ2v) is 13.1. The number of benzene rings is 1. The van der Waals surface area contributed by atoms with Gasteiger partial charge < -0.3 is 4.74 Å². The van der Waals surface area contributed by atoms with Crippen LogP contribution < -0.4 is 16.0 Å². The summed E-state index contributed by atoms with van der Waals surface area (Å²) < 4.78 is 47.3. The predicted molar refractivity (Wildman–Crippen MR) is 162 cm³/mol. The zero-order valence-corrected chi connectivity index (χ0v) is 25.5. The van der Waals surface area contributed by atoms with Gasteiger partial charge in [-0.1, -0.05) is 0 Å². The molecule has 0 radical (unpaired) electrons. The van der Waals surface area contributed by atoms with Crippen molar-refractivity contribution in [2.24, 2.45) is 0 Å². The number of nitro groups is 1. The van der Waals surface area contributed by atoms with Crippen molar-refractivity contribution in [3.05, 3.63) is 84.1 Å². The van der Waals surface area contributed by atoms with Gasteiger partial charge in [0.15, 0.2) is 0 Å². The number of nitro benzene ring substituents is 1. The molecule has 0 aliphatic carbocycles. The third kappa shape index (κ3) is 6.70. The number of aryl methyl sites for hydroxylation is 1. The van der Waals surface area contributed by atoms with Crippen LogP contribution in [0, 0.1) is 17.0 Å². The Morgan fingerprint density at radius 1 is 1.09 bits per heavy atom. The average molecular weight is 632 g/mol. The van der Waals surface area contributed by atoms with E-state index in [1.807, 2.05) is 0 Å². The Morgan fingerprint density at radius 2 is 1.80 bits per heavy atom. The summed E-state index contributed by atoms with van der Waals surface area (Å²) in [5.74, 6) is 0.529. The van der Waals surface area contributed by atoms with E-state index in [4.69, 9.17) is 4.74 Å². The van der Waals surface area contributed by atoms with Crippen LogP contribution in [0.15, 0.2) is 52.3 Å². The van der Waals surface area contributed by atoms with Crippen molar-refractivity contribution >= 4 is 27.2 Å². The van der Waals surface area contributed by atoms with Crippen LogP contribution in [0.1, 0.15) is 44.1 Å². The lowest BCUT2D eigenvalue weighted by molar-refractivity contribution is -0.384. The van der Waals surface area contributed by atoms with E-state index in [1.54, 1.807) is 25.3 Å². The van der Waals surface area contributed by atoms with Gasteiger partial charge in [-0.25, -0.2) is 4.79 Å². The molecule has 234 valence electrons. The number of alkyl halides is 3. The number of thiophene rings is 1.